The zero-order valence-corrected chi connectivity index (χ0v) is 26.6. The van der Waals surface area contributed by atoms with Gasteiger partial charge in [0.2, 0.25) is 11.8 Å². The summed E-state index contributed by atoms with van der Waals surface area (Å²) in [4.78, 5) is 31.6. The number of ether oxygens (including phenoxy) is 2. The smallest absolute Gasteiger partial charge is 0.246 e. The van der Waals surface area contributed by atoms with Crippen molar-refractivity contribution >= 4 is 62.3 Å². The van der Waals surface area contributed by atoms with Crippen LogP contribution >= 0.6 is 50.5 Å². The molecule has 0 bridgehead atoms. The second-order valence-corrected chi connectivity index (χ2v) is 11.6. The van der Waals surface area contributed by atoms with Gasteiger partial charge in [-0.3, -0.25) is 9.59 Å². The molecule has 0 saturated carbocycles. The number of thiol groups is 4. The van der Waals surface area contributed by atoms with Gasteiger partial charge < -0.3 is 19.3 Å². The molecule has 2 amide bonds. The Morgan fingerprint density at radius 1 is 0.550 bits per heavy atom. The number of carbonyl (C=O) groups is 2. The molecule has 0 radical (unpaired) electrons. The Balaban J connectivity index is 1.80. The first-order valence-corrected chi connectivity index (χ1v) is 16.5. The van der Waals surface area contributed by atoms with Crippen LogP contribution in [0.15, 0.2) is 48.5 Å². The van der Waals surface area contributed by atoms with E-state index in [0.29, 0.717) is 50.7 Å². The summed E-state index contributed by atoms with van der Waals surface area (Å²) < 4.78 is 11.5. The van der Waals surface area contributed by atoms with E-state index in [9.17, 15) is 9.59 Å². The minimum absolute atomic E-state index is 0.00800. The van der Waals surface area contributed by atoms with E-state index in [1.807, 2.05) is 48.5 Å². The van der Waals surface area contributed by atoms with E-state index >= 15 is 0 Å². The number of carbonyl (C=O) groups excluding carboxylic acids is 2. The number of amides is 2. The largest absolute Gasteiger partial charge is 0.494 e. The molecule has 0 spiro atoms. The Kier molecular flexibility index (Phi) is 14.8. The van der Waals surface area contributed by atoms with Crippen LogP contribution in [-0.4, -0.2) is 83.0 Å². The van der Waals surface area contributed by atoms with Gasteiger partial charge in [0, 0.05) is 25.9 Å². The van der Waals surface area contributed by atoms with Gasteiger partial charge in [-0.05, 0) is 84.1 Å². The topological polar surface area (TPSA) is 59.1 Å². The summed E-state index contributed by atoms with van der Waals surface area (Å²) in [6, 6.07) is 14.5. The highest BCUT2D eigenvalue weighted by atomic mass is 32.1. The van der Waals surface area contributed by atoms with Crippen molar-refractivity contribution < 1.29 is 19.1 Å². The quantitative estimate of drug-likeness (QED) is 0.141. The van der Waals surface area contributed by atoms with E-state index in [1.165, 1.54) is 0 Å². The van der Waals surface area contributed by atoms with E-state index in [1.54, 1.807) is 9.80 Å². The molecule has 1 saturated heterocycles. The highest BCUT2D eigenvalue weighted by Gasteiger charge is 2.45. The second-order valence-electron chi connectivity index (χ2n) is 9.80. The fourth-order valence-electron chi connectivity index (χ4n) is 4.76. The molecule has 2 aromatic rings. The van der Waals surface area contributed by atoms with Gasteiger partial charge in [0.1, 0.15) is 23.6 Å². The number of rotatable bonds is 18. The Morgan fingerprint density at radius 2 is 0.900 bits per heavy atom. The summed E-state index contributed by atoms with van der Waals surface area (Å²) in [6.45, 7) is 2.23. The van der Waals surface area contributed by atoms with Crippen LogP contribution in [0.5, 0.6) is 11.5 Å². The third kappa shape index (κ3) is 9.74. The molecular formula is C30H42N2O4S4. The van der Waals surface area contributed by atoms with E-state index in [4.69, 9.17) is 9.47 Å². The van der Waals surface area contributed by atoms with Crippen molar-refractivity contribution in [2.45, 2.75) is 50.6 Å². The number of benzene rings is 2. The predicted molar refractivity (Wildman–Crippen MR) is 176 cm³/mol. The average Bonchev–Trinajstić information content (AvgIpc) is 2.97. The van der Waals surface area contributed by atoms with E-state index < -0.39 is 12.1 Å². The molecule has 220 valence electrons. The summed E-state index contributed by atoms with van der Waals surface area (Å²) in [5.74, 6) is 4.41. The van der Waals surface area contributed by atoms with Crippen LogP contribution in [0.3, 0.4) is 0 Å². The number of hydrogen-bond acceptors (Lipinski definition) is 8. The van der Waals surface area contributed by atoms with Crippen molar-refractivity contribution in [1.82, 2.24) is 9.80 Å². The standard InChI is InChI=1S/C30H42N2O4S4/c33-29-28(22-24-7-11-26(12-8-24)36-16-4-20-40)32(14-2-18-38)30(34)27(31(29)13-1-17-37)21-23-5-9-25(10-6-23)35-15-3-19-39/h5-12,27-28,37-40H,1-4,13-22H2/t27-,28?/m0/s1. The molecule has 0 N–H and O–H groups in total. The third-order valence-electron chi connectivity index (χ3n) is 6.85. The highest BCUT2D eigenvalue weighted by Crippen LogP contribution is 2.26. The normalized spacial score (nSPS) is 17.4. The minimum Gasteiger partial charge on any atom is -0.494 e. The lowest BCUT2D eigenvalue weighted by atomic mass is 9.94. The van der Waals surface area contributed by atoms with Crippen LogP contribution in [0.2, 0.25) is 0 Å². The van der Waals surface area contributed by atoms with Gasteiger partial charge in [-0.2, -0.15) is 50.5 Å². The number of hydrogen-bond donors (Lipinski definition) is 4. The van der Waals surface area contributed by atoms with Gasteiger partial charge >= 0.3 is 0 Å². The number of piperazine rings is 1. The molecule has 40 heavy (non-hydrogen) atoms. The molecule has 1 aliphatic rings. The molecule has 10 heteroatoms. The van der Waals surface area contributed by atoms with Crippen LogP contribution in [0, 0.1) is 0 Å². The average molecular weight is 623 g/mol. The van der Waals surface area contributed by atoms with Crippen LogP contribution in [0.4, 0.5) is 0 Å². The Hall–Kier alpha value is -1.62. The molecule has 0 aliphatic carbocycles. The molecule has 2 atom stereocenters. The van der Waals surface area contributed by atoms with Gasteiger partial charge in [0.25, 0.3) is 0 Å². The second kappa shape index (κ2) is 18.0. The summed E-state index contributed by atoms with van der Waals surface area (Å²) in [5.41, 5.74) is 1.98. The molecule has 2 aromatic carbocycles. The lowest BCUT2D eigenvalue weighted by Gasteiger charge is -2.45. The third-order valence-corrected chi connectivity index (χ3v) is 8.12. The van der Waals surface area contributed by atoms with Crippen LogP contribution in [-0.2, 0) is 22.4 Å². The summed E-state index contributed by atoms with van der Waals surface area (Å²) >= 11 is 17.2. The van der Waals surface area contributed by atoms with Gasteiger partial charge in [-0.25, -0.2) is 0 Å². The van der Waals surface area contributed by atoms with Crippen molar-refractivity contribution in [2.75, 3.05) is 49.3 Å². The van der Waals surface area contributed by atoms with Crippen molar-refractivity contribution in [3.63, 3.8) is 0 Å². The zero-order chi connectivity index (χ0) is 28.7. The zero-order valence-electron chi connectivity index (χ0n) is 23.0. The van der Waals surface area contributed by atoms with E-state index in [2.05, 4.69) is 50.5 Å². The van der Waals surface area contributed by atoms with E-state index in [0.717, 1.165) is 59.8 Å². The lowest BCUT2D eigenvalue weighted by molar-refractivity contribution is -0.161. The maximum atomic E-state index is 14.0. The number of nitrogens with zero attached hydrogens (tertiary/aromatic N) is 2. The van der Waals surface area contributed by atoms with Crippen molar-refractivity contribution in [2.24, 2.45) is 0 Å². The Morgan fingerprint density at radius 3 is 1.23 bits per heavy atom. The molecule has 1 unspecified atom stereocenters. The highest BCUT2D eigenvalue weighted by molar-refractivity contribution is 7.80. The molecular weight excluding hydrogens is 581 g/mol. The Labute approximate surface area is 261 Å². The Bertz CT molecular complexity index is 956. The first-order valence-electron chi connectivity index (χ1n) is 14.0. The summed E-state index contributed by atoms with van der Waals surface area (Å²) in [6.07, 6.45) is 4.10. The van der Waals surface area contributed by atoms with Crippen molar-refractivity contribution in [1.29, 1.82) is 0 Å². The first-order chi connectivity index (χ1) is 19.5. The molecule has 1 aliphatic heterocycles. The monoisotopic (exact) mass is 622 g/mol. The predicted octanol–water partition coefficient (Wildman–Crippen LogP) is 4.92. The lowest BCUT2D eigenvalue weighted by Crippen LogP contribution is -2.66. The van der Waals surface area contributed by atoms with Crippen LogP contribution < -0.4 is 9.47 Å². The molecule has 0 aromatic heterocycles. The van der Waals surface area contributed by atoms with E-state index in [-0.39, 0.29) is 11.8 Å². The molecule has 6 nitrogen and oxygen atoms in total. The fraction of sp³-hybridized carbons (Fsp3) is 0.533. The van der Waals surface area contributed by atoms with Gasteiger partial charge in [-0.1, -0.05) is 24.3 Å². The minimum atomic E-state index is -0.554. The van der Waals surface area contributed by atoms with Crippen LogP contribution in [0.25, 0.3) is 0 Å². The SMILES string of the molecule is O=C1[C@H](Cc2ccc(OCCCS)cc2)N(CCCS)C(=O)C(Cc2ccc(OCCCS)cc2)N1CCCS. The first kappa shape index (κ1) is 32.9. The summed E-state index contributed by atoms with van der Waals surface area (Å²) in [7, 11) is 0. The maximum absolute atomic E-state index is 14.0. The fourth-order valence-corrected chi connectivity index (χ4v) is 5.31. The van der Waals surface area contributed by atoms with Gasteiger partial charge in [0.05, 0.1) is 13.2 Å². The van der Waals surface area contributed by atoms with Gasteiger partial charge in [-0.15, -0.1) is 0 Å². The summed E-state index contributed by atoms with van der Waals surface area (Å²) in [5, 5.41) is 0. The molecule has 1 fully saturated rings. The van der Waals surface area contributed by atoms with Crippen molar-refractivity contribution in [3.8, 4) is 11.5 Å². The van der Waals surface area contributed by atoms with Crippen molar-refractivity contribution in [3.05, 3.63) is 59.7 Å². The molecule has 3 rings (SSSR count). The maximum Gasteiger partial charge on any atom is 0.246 e. The van der Waals surface area contributed by atoms with Gasteiger partial charge in [0.15, 0.2) is 0 Å². The molecule has 1 heterocycles. The van der Waals surface area contributed by atoms with Crippen LogP contribution in [0.1, 0.15) is 36.8 Å².